The molecule has 0 aliphatic heterocycles. The molecule has 9 heavy (non-hydrogen) atoms. The number of hydrogen-bond donors (Lipinski definition) is 0. The zero-order valence-electron chi connectivity index (χ0n) is 6.78. The van der Waals surface area contributed by atoms with Crippen molar-refractivity contribution in [2.45, 2.75) is 46.5 Å². The Morgan fingerprint density at radius 3 is 2.11 bits per heavy atom. The van der Waals surface area contributed by atoms with Crippen LogP contribution >= 0.6 is 0 Å². The molecule has 0 aromatic carbocycles. The van der Waals surface area contributed by atoms with E-state index in [1.807, 2.05) is 0 Å². The van der Waals surface area contributed by atoms with E-state index in [4.69, 9.17) is 0 Å². The summed E-state index contributed by atoms with van der Waals surface area (Å²) in [5, 5.41) is 0. The molecule has 0 bridgehead atoms. The SMILES string of the molecule is CCCCC(C)CC.[Mn]. The van der Waals surface area contributed by atoms with Crippen LogP contribution in [0.2, 0.25) is 0 Å². The molecular weight excluding hydrogens is 151 g/mol. The van der Waals surface area contributed by atoms with Gasteiger partial charge < -0.3 is 0 Å². The maximum atomic E-state index is 2.33. The average Bonchev–Trinajstić information content (AvgIpc) is 1.83. The summed E-state index contributed by atoms with van der Waals surface area (Å²) in [4.78, 5) is 0. The van der Waals surface area contributed by atoms with Gasteiger partial charge in [0.2, 0.25) is 0 Å². The predicted molar refractivity (Wildman–Crippen MR) is 39.0 cm³/mol. The molecule has 0 spiro atoms. The quantitative estimate of drug-likeness (QED) is 0.567. The topological polar surface area (TPSA) is 0 Å². The van der Waals surface area contributed by atoms with Crippen LogP contribution in [-0.2, 0) is 17.1 Å². The molecule has 0 aliphatic carbocycles. The average molecular weight is 169 g/mol. The second kappa shape index (κ2) is 8.52. The van der Waals surface area contributed by atoms with E-state index in [0.717, 1.165) is 5.92 Å². The van der Waals surface area contributed by atoms with E-state index in [2.05, 4.69) is 20.8 Å². The summed E-state index contributed by atoms with van der Waals surface area (Å²) < 4.78 is 0. The molecule has 1 heteroatoms. The first-order valence-electron chi connectivity index (χ1n) is 3.81. The van der Waals surface area contributed by atoms with Crippen molar-refractivity contribution in [3.05, 3.63) is 0 Å². The standard InChI is InChI=1S/C8H18.Mn/c1-4-6-7-8(3)5-2;/h8H,4-7H2,1-3H3;. The van der Waals surface area contributed by atoms with Gasteiger partial charge in [-0.15, -0.1) is 0 Å². The molecule has 0 nitrogen and oxygen atoms in total. The predicted octanol–water partition coefficient (Wildman–Crippen LogP) is 3.22. The minimum absolute atomic E-state index is 0. The molecule has 0 N–H and O–H groups in total. The molecular formula is C8H18Mn. The molecule has 0 rings (SSSR count). The first-order chi connectivity index (χ1) is 3.81. The summed E-state index contributed by atoms with van der Waals surface area (Å²) in [6.45, 7) is 6.85. The third-order valence-corrected chi connectivity index (χ3v) is 1.75. The molecule has 57 valence electrons. The normalized spacial score (nSPS) is 12.3. The molecule has 0 saturated carbocycles. The zero-order valence-corrected chi connectivity index (χ0v) is 7.96. The Morgan fingerprint density at radius 2 is 1.78 bits per heavy atom. The monoisotopic (exact) mass is 169 g/mol. The van der Waals surface area contributed by atoms with E-state index >= 15 is 0 Å². The van der Waals surface area contributed by atoms with E-state index < -0.39 is 0 Å². The Hall–Kier alpha value is 0.519. The molecule has 0 aromatic heterocycles. The fraction of sp³-hybridized carbons (Fsp3) is 1.00. The maximum absolute atomic E-state index is 2.33. The van der Waals surface area contributed by atoms with Crippen molar-refractivity contribution in [2.24, 2.45) is 5.92 Å². The Morgan fingerprint density at radius 1 is 1.22 bits per heavy atom. The minimum atomic E-state index is 0. The first kappa shape index (κ1) is 12.2. The third kappa shape index (κ3) is 8.52. The summed E-state index contributed by atoms with van der Waals surface area (Å²) >= 11 is 0. The Labute approximate surface area is 69.9 Å². The van der Waals surface area contributed by atoms with Crippen LogP contribution < -0.4 is 0 Å². The van der Waals surface area contributed by atoms with Crippen molar-refractivity contribution < 1.29 is 17.1 Å². The molecule has 1 radical (unpaired) electrons. The van der Waals surface area contributed by atoms with Crippen molar-refractivity contribution in [2.75, 3.05) is 0 Å². The second-order valence-electron chi connectivity index (χ2n) is 2.66. The van der Waals surface area contributed by atoms with Crippen molar-refractivity contribution >= 4 is 0 Å². The van der Waals surface area contributed by atoms with E-state index in [1.54, 1.807) is 0 Å². The molecule has 1 atom stereocenters. The molecule has 0 amide bonds. The molecule has 0 aromatic rings. The Balaban J connectivity index is 0. The van der Waals surface area contributed by atoms with Gasteiger partial charge in [-0.2, -0.15) is 0 Å². The van der Waals surface area contributed by atoms with Crippen LogP contribution in [0.25, 0.3) is 0 Å². The minimum Gasteiger partial charge on any atom is -0.0654 e. The van der Waals surface area contributed by atoms with Gasteiger partial charge in [0.25, 0.3) is 0 Å². The van der Waals surface area contributed by atoms with Gasteiger partial charge in [0.15, 0.2) is 0 Å². The summed E-state index contributed by atoms with van der Waals surface area (Å²) in [7, 11) is 0. The first-order valence-corrected chi connectivity index (χ1v) is 3.81. The van der Waals surface area contributed by atoms with Crippen LogP contribution in [0.4, 0.5) is 0 Å². The van der Waals surface area contributed by atoms with Crippen LogP contribution in [0.1, 0.15) is 46.5 Å². The Kier molecular flexibility index (Phi) is 11.6. The summed E-state index contributed by atoms with van der Waals surface area (Å²) in [5.41, 5.74) is 0. The largest absolute Gasteiger partial charge is 0.0654 e. The molecule has 0 aliphatic rings. The molecule has 0 saturated heterocycles. The van der Waals surface area contributed by atoms with Crippen molar-refractivity contribution in [1.82, 2.24) is 0 Å². The molecule has 1 unspecified atom stereocenters. The van der Waals surface area contributed by atoms with Gasteiger partial charge in [-0.25, -0.2) is 0 Å². The van der Waals surface area contributed by atoms with Crippen LogP contribution in [-0.4, -0.2) is 0 Å². The Bertz CT molecular complexity index is 43.8. The number of hydrogen-bond acceptors (Lipinski definition) is 0. The number of unbranched alkanes of at least 4 members (excludes halogenated alkanes) is 1. The summed E-state index contributed by atoms with van der Waals surface area (Å²) in [6, 6.07) is 0. The smallest absolute Gasteiger partial charge is 0 e. The van der Waals surface area contributed by atoms with Gasteiger partial charge in [0.05, 0.1) is 0 Å². The fourth-order valence-corrected chi connectivity index (χ4v) is 0.757. The molecule has 0 heterocycles. The van der Waals surface area contributed by atoms with Crippen LogP contribution in [0.15, 0.2) is 0 Å². The van der Waals surface area contributed by atoms with Crippen LogP contribution in [0, 0.1) is 5.92 Å². The van der Waals surface area contributed by atoms with Crippen LogP contribution in [0.3, 0.4) is 0 Å². The van der Waals surface area contributed by atoms with E-state index in [1.165, 1.54) is 25.7 Å². The summed E-state index contributed by atoms with van der Waals surface area (Å²) in [6.07, 6.45) is 5.53. The number of rotatable bonds is 4. The molecule has 0 fully saturated rings. The zero-order chi connectivity index (χ0) is 6.41. The van der Waals surface area contributed by atoms with E-state index in [9.17, 15) is 0 Å². The van der Waals surface area contributed by atoms with Crippen molar-refractivity contribution in [3.63, 3.8) is 0 Å². The fourth-order valence-electron chi connectivity index (χ4n) is 0.757. The van der Waals surface area contributed by atoms with Gasteiger partial charge in [0, 0.05) is 17.1 Å². The van der Waals surface area contributed by atoms with Gasteiger partial charge in [-0.1, -0.05) is 46.5 Å². The summed E-state index contributed by atoms with van der Waals surface area (Å²) in [5.74, 6) is 0.954. The van der Waals surface area contributed by atoms with Crippen molar-refractivity contribution in [1.29, 1.82) is 0 Å². The van der Waals surface area contributed by atoms with E-state index in [0.29, 0.717) is 0 Å². The van der Waals surface area contributed by atoms with Crippen molar-refractivity contribution in [3.8, 4) is 0 Å². The van der Waals surface area contributed by atoms with E-state index in [-0.39, 0.29) is 17.1 Å². The second-order valence-corrected chi connectivity index (χ2v) is 2.66. The van der Waals surface area contributed by atoms with Crippen LogP contribution in [0.5, 0.6) is 0 Å². The maximum Gasteiger partial charge on any atom is 0 e. The van der Waals surface area contributed by atoms with Gasteiger partial charge >= 0.3 is 0 Å². The van der Waals surface area contributed by atoms with Gasteiger partial charge in [-0.3, -0.25) is 0 Å². The third-order valence-electron chi connectivity index (χ3n) is 1.75. The van der Waals surface area contributed by atoms with Gasteiger partial charge in [0.1, 0.15) is 0 Å². The van der Waals surface area contributed by atoms with Gasteiger partial charge in [-0.05, 0) is 5.92 Å².